The van der Waals surface area contributed by atoms with Gasteiger partial charge in [-0.3, -0.25) is 4.79 Å². The molecule has 2 unspecified atom stereocenters. The third kappa shape index (κ3) is 1.93. The van der Waals surface area contributed by atoms with Gasteiger partial charge < -0.3 is 10.4 Å². The summed E-state index contributed by atoms with van der Waals surface area (Å²) < 4.78 is 0. The van der Waals surface area contributed by atoms with Crippen molar-refractivity contribution in [3.8, 4) is 0 Å². The average molecular weight is 263 g/mol. The lowest BCUT2D eigenvalue weighted by molar-refractivity contribution is -0.144. The zero-order valence-electron chi connectivity index (χ0n) is 10.2. The van der Waals surface area contributed by atoms with Crippen LogP contribution in [-0.4, -0.2) is 28.9 Å². The highest BCUT2D eigenvalue weighted by atomic mass is 32.2. The molecule has 18 heavy (non-hydrogen) atoms. The van der Waals surface area contributed by atoms with Gasteiger partial charge in [0.15, 0.2) is 0 Å². The van der Waals surface area contributed by atoms with Gasteiger partial charge in [-0.2, -0.15) is 0 Å². The van der Waals surface area contributed by atoms with Gasteiger partial charge in [-0.15, -0.1) is 11.8 Å². The smallest absolute Gasteiger partial charge is 0.323 e. The number of benzene rings is 1. The molecule has 2 N–H and O–H groups in total. The average Bonchev–Trinajstić information content (AvgIpc) is 2.99. The van der Waals surface area contributed by atoms with E-state index in [1.165, 1.54) is 10.5 Å². The van der Waals surface area contributed by atoms with E-state index in [1.807, 2.05) is 17.8 Å². The SMILES string of the molecule is O=C(O)C1(CC2CSc3ccccc32)CCCN1. The molecule has 0 saturated carbocycles. The van der Waals surface area contributed by atoms with Gasteiger partial charge in [0.25, 0.3) is 0 Å². The highest BCUT2D eigenvalue weighted by Gasteiger charge is 2.44. The first-order valence-electron chi connectivity index (χ1n) is 6.41. The predicted octanol–water partition coefficient (Wildman–Crippen LogP) is 2.47. The van der Waals surface area contributed by atoms with E-state index in [0.717, 1.165) is 25.1 Å². The molecule has 3 rings (SSSR count). The lowest BCUT2D eigenvalue weighted by Crippen LogP contribution is -2.48. The maximum Gasteiger partial charge on any atom is 0.323 e. The maximum absolute atomic E-state index is 11.6. The molecule has 0 radical (unpaired) electrons. The first-order valence-corrected chi connectivity index (χ1v) is 7.40. The number of thioether (sulfide) groups is 1. The zero-order chi connectivity index (χ0) is 12.6. The van der Waals surface area contributed by atoms with Gasteiger partial charge in [0.1, 0.15) is 5.54 Å². The van der Waals surface area contributed by atoms with Crippen LogP contribution < -0.4 is 5.32 Å². The Morgan fingerprint density at radius 2 is 2.33 bits per heavy atom. The topological polar surface area (TPSA) is 49.3 Å². The Kier molecular flexibility index (Phi) is 3.08. The van der Waals surface area contributed by atoms with E-state index in [-0.39, 0.29) is 0 Å². The molecule has 4 heteroatoms. The van der Waals surface area contributed by atoms with Crippen LogP contribution in [0.25, 0.3) is 0 Å². The number of nitrogens with one attached hydrogen (secondary N) is 1. The van der Waals surface area contributed by atoms with Crippen LogP contribution in [0, 0.1) is 0 Å². The van der Waals surface area contributed by atoms with Gasteiger partial charge in [-0.25, -0.2) is 0 Å². The molecule has 0 spiro atoms. The van der Waals surface area contributed by atoms with E-state index in [2.05, 4.69) is 23.5 Å². The standard InChI is InChI=1S/C14H17NO2S/c16-13(17)14(6-3-7-15-14)8-10-9-18-12-5-2-1-4-11(10)12/h1-2,4-5,10,15H,3,6-9H2,(H,16,17). The van der Waals surface area contributed by atoms with Crippen LogP contribution in [0.4, 0.5) is 0 Å². The second-order valence-electron chi connectivity index (χ2n) is 5.17. The van der Waals surface area contributed by atoms with Crippen LogP contribution in [0.3, 0.4) is 0 Å². The van der Waals surface area contributed by atoms with Gasteiger partial charge >= 0.3 is 5.97 Å². The molecular formula is C14H17NO2S. The Morgan fingerprint density at radius 1 is 1.50 bits per heavy atom. The summed E-state index contributed by atoms with van der Waals surface area (Å²) in [6.45, 7) is 0.827. The van der Waals surface area contributed by atoms with Gasteiger partial charge in [0, 0.05) is 10.6 Å². The van der Waals surface area contributed by atoms with Gasteiger partial charge in [0.05, 0.1) is 0 Å². The Balaban J connectivity index is 1.83. The van der Waals surface area contributed by atoms with Crippen molar-refractivity contribution in [3.05, 3.63) is 29.8 Å². The van der Waals surface area contributed by atoms with Gasteiger partial charge in [0.2, 0.25) is 0 Å². The van der Waals surface area contributed by atoms with E-state index in [0.29, 0.717) is 12.3 Å². The molecule has 2 aliphatic rings. The van der Waals surface area contributed by atoms with E-state index in [4.69, 9.17) is 0 Å². The minimum absolute atomic E-state index is 0.368. The Bertz CT molecular complexity index is 469. The first-order chi connectivity index (χ1) is 8.71. The fourth-order valence-corrected chi connectivity index (χ4v) is 4.32. The zero-order valence-corrected chi connectivity index (χ0v) is 11.0. The van der Waals surface area contributed by atoms with E-state index in [1.54, 1.807) is 0 Å². The molecule has 3 nitrogen and oxygen atoms in total. The normalized spacial score (nSPS) is 30.3. The Morgan fingerprint density at radius 3 is 3.06 bits per heavy atom. The highest BCUT2D eigenvalue weighted by molar-refractivity contribution is 7.99. The summed E-state index contributed by atoms with van der Waals surface area (Å²) in [5, 5.41) is 12.7. The molecule has 96 valence electrons. The van der Waals surface area contributed by atoms with Crippen LogP contribution in [0.15, 0.2) is 29.2 Å². The molecule has 2 aliphatic heterocycles. The predicted molar refractivity (Wildman–Crippen MR) is 72.1 cm³/mol. The quantitative estimate of drug-likeness (QED) is 0.879. The molecule has 2 heterocycles. The van der Waals surface area contributed by atoms with E-state index >= 15 is 0 Å². The summed E-state index contributed by atoms with van der Waals surface area (Å²) in [7, 11) is 0. The third-order valence-corrected chi connectivity index (χ3v) is 5.30. The van der Waals surface area contributed by atoms with Crippen LogP contribution in [0.2, 0.25) is 0 Å². The summed E-state index contributed by atoms with van der Waals surface area (Å²) in [5.74, 6) is 0.693. The number of carbonyl (C=O) groups is 1. The number of rotatable bonds is 3. The molecule has 0 bridgehead atoms. The van der Waals surface area contributed by atoms with E-state index in [9.17, 15) is 9.90 Å². The molecule has 1 fully saturated rings. The second-order valence-corrected chi connectivity index (χ2v) is 6.23. The lowest BCUT2D eigenvalue weighted by Gasteiger charge is -2.27. The van der Waals surface area contributed by atoms with Crippen molar-refractivity contribution in [2.45, 2.75) is 35.6 Å². The molecule has 2 atom stereocenters. The molecular weight excluding hydrogens is 246 g/mol. The van der Waals surface area contributed by atoms with Crippen molar-refractivity contribution >= 4 is 17.7 Å². The number of fused-ring (bicyclic) bond motifs is 1. The summed E-state index contributed by atoms with van der Waals surface area (Å²) in [6.07, 6.45) is 2.44. The molecule has 1 aromatic rings. The number of hydrogen-bond acceptors (Lipinski definition) is 3. The van der Waals surface area contributed by atoms with Crippen molar-refractivity contribution in [3.63, 3.8) is 0 Å². The number of carboxylic acids is 1. The summed E-state index contributed by atoms with van der Waals surface area (Å²) in [5.41, 5.74) is 0.639. The van der Waals surface area contributed by atoms with Crippen LogP contribution in [0.5, 0.6) is 0 Å². The summed E-state index contributed by atoms with van der Waals surface area (Å²) in [4.78, 5) is 12.9. The van der Waals surface area contributed by atoms with Gasteiger partial charge in [-0.05, 0) is 43.4 Å². The molecule has 0 amide bonds. The Hall–Kier alpha value is -1.00. The van der Waals surface area contributed by atoms with Crippen molar-refractivity contribution < 1.29 is 9.90 Å². The monoisotopic (exact) mass is 263 g/mol. The first kappa shape index (κ1) is 12.1. The van der Waals surface area contributed by atoms with Crippen LogP contribution in [-0.2, 0) is 4.79 Å². The fraction of sp³-hybridized carbons (Fsp3) is 0.500. The minimum atomic E-state index is -0.692. The molecule has 1 saturated heterocycles. The van der Waals surface area contributed by atoms with Crippen LogP contribution in [0.1, 0.15) is 30.7 Å². The maximum atomic E-state index is 11.6. The molecule has 0 aromatic heterocycles. The second kappa shape index (κ2) is 4.59. The number of hydrogen-bond donors (Lipinski definition) is 2. The lowest BCUT2D eigenvalue weighted by atomic mass is 9.83. The highest BCUT2D eigenvalue weighted by Crippen LogP contribution is 2.44. The van der Waals surface area contributed by atoms with Crippen molar-refractivity contribution in [2.75, 3.05) is 12.3 Å². The largest absolute Gasteiger partial charge is 0.480 e. The van der Waals surface area contributed by atoms with E-state index < -0.39 is 11.5 Å². The van der Waals surface area contributed by atoms with Gasteiger partial charge in [-0.1, -0.05) is 18.2 Å². The fourth-order valence-electron chi connectivity index (χ4n) is 3.07. The summed E-state index contributed by atoms with van der Waals surface area (Å²) in [6, 6.07) is 8.38. The van der Waals surface area contributed by atoms with Crippen molar-refractivity contribution in [2.24, 2.45) is 0 Å². The number of carboxylic acid groups (broad SMARTS) is 1. The summed E-state index contributed by atoms with van der Waals surface area (Å²) >= 11 is 1.85. The molecule has 1 aromatic carbocycles. The number of aliphatic carboxylic acids is 1. The Labute approximate surface area is 111 Å². The minimum Gasteiger partial charge on any atom is -0.480 e. The van der Waals surface area contributed by atoms with Crippen molar-refractivity contribution in [1.29, 1.82) is 0 Å². The van der Waals surface area contributed by atoms with Crippen molar-refractivity contribution in [1.82, 2.24) is 5.32 Å². The molecule has 0 aliphatic carbocycles. The van der Waals surface area contributed by atoms with Crippen LogP contribution >= 0.6 is 11.8 Å². The third-order valence-electron chi connectivity index (χ3n) is 4.05.